The maximum atomic E-state index is 4.55. The summed E-state index contributed by atoms with van der Waals surface area (Å²) in [6, 6.07) is 11.4. The van der Waals surface area contributed by atoms with Crippen LogP contribution in [0.2, 0.25) is 0 Å². The van der Waals surface area contributed by atoms with E-state index in [0.717, 1.165) is 62.4 Å². The molecule has 1 N–H and O–H groups in total. The number of piperazine rings is 1. The van der Waals surface area contributed by atoms with E-state index >= 15 is 0 Å². The molecule has 1 unspecified atom stereocenters. The average Bonchev–Trinajstić information content (AvgIpc) is 3.14. The Morgan fingerprint density at radius 2 is 2.07 bits per heavy atom. The van der Waals surface area contributed by atoms with Crippen molar-refractivity contribution in [1.82, 2.24) is 25.0 Å². The molecule has 3 rings (SSSR count). The van der Waals surface area contributed by atoms with Crippen molar-refractivity contribution in [2.45, 2.75) is 25.9 Å². The Balaban J connectivity index is 0.00000320. The number of aliphatic imine (C=N–C) groups is 1. The lowest BCUT2D eigenvalue weighted by Crippen LogP contribution is -2.47. The second-order valence-corrected chi connectivity index (χ2v) is 8.83. The maximum Gasteiger partial charge on any atom is 0.193 e. The molecule has 8 heteroatoms. The van der Waals surface area contributed by atoms with E-state index in [-0.39, 0.29) is 24.0 Å². The molecule has 1 aliphatic heterocycles. The van der Waals surface area contributed by atoms with E-state index in [9.17, 15) is 0 Å². The smallest absolute Gasteiger partial charge is 0.193 e. The van der Waals surface area contributed by atoms with E-state index in [0.29, 0.717) is 6.04 Å². The van der Waals surface area contributed by atoms with Gasteiger partial charge in [0.15, 0.2) is 5.96 Å². The molecule has 6 nitrogen and oxygen atoms in total. The Bertz CT molecular complexity index is 781. The van der Waals surface area contributed by atoms with Gasteiger partial charge in [0.05, 0.1) is 17.2 Å². The molecule has 1 aromatic heterocycles. The third-order valence-electron chi connectivity index (χ3n) is 5.42. The molecule has 1 aliphatic rings. The quantitative estimate of drug-likeness (QED) is 0.252. The largest absolute Gasteiger partial charge is 0.356 e. The van der Waals surface area contributed by atoms with Crippen molar-refractivity contribution < 1.29 is 0 Å². The van der Waals surface area contributed by atoms with Crippen molar-refractivity contribution in [3.05, 3.63) is 52.0 Å². The number of hydrogen-bond donors (Lipinski definition) is 1. The van der Waals surface area contributed by atoms with Crippen molar-refractivity contribution in [3.63, 3.8) is 0 Å². The Kier molecular flexibility index (Phi) is 10.5. The fraction of sp³-hybridized carbons (Fsp3) is 0.545. The second kappa shape index (κ2) is 12.6. The van der Waals surface area contributed by atoms with Crippen LogP contribution in [0.1, 0.15) is 28.7 Å². The monoisotopic (exact) mass is 542 g/mol. The van der Waals surface area contributed by atoms with Crippen LogP contribution in [0.3, 0.4) is 0 Å². The zero-order valence-corrected chi connectivity index (χ0v) is 21.7. The molecule has 30 heavy (non-hydrogen) atoms. The van der Waals surface area contributed by atoms with Crippen LogP contribution in [0.25, 0.3) is 0 Å². The van der Waals surface area contributed by atoms with Crippen molar-refractivity contribution >= 4 is 41.3 Å². The maximum absolute atomic E-state index is 4.55. The van der Waals surface area contributed by atoms with Crippen LogP contribution in [0.5, 0.6) is 0 Å². The predicted molar refractivity (Wildman–Crippen MR) is 138 cm³/mol. The number of aromatic nitrogens is 1. The molecule has 0 radical (unpaired) electrons. The number of halogens is 1. The first-order valence-electron chi connectivity index (χ1n) is 10.4. The number of rotatable bonds is 7. The summed E-state index contributed by atoms with van der Waals surface area (Å²) in [5.41, 5.74) is 2.52. The Morgan fingerprint density at radius 1 is 1.30 bits per heavy atom. The van der Waals surface area contributed by atoms with E-state index in [1.165, 1.54) is 5.56 Å². The van der Waals surface area contributed by atoms with Crippen LogP contribution >= 0.6 is 35.3 Å². The fourth-order valence-corrected chi connectivity index (χ4v) is 4.49. The van der Waals surface area contributed by atoms with Crippen molar-refractivity contribution in [1.29, 1.82) is 0 Å². The van der Waals surface area contributed by atoms with Crippen LogP contribution in [0, 0.1) is 6.92 Å². The van der Waals surface area contributed by atoms with Crippen molar-refractivity contribution in [2.24, 2.45) is 4.99 Å². The Morgan fingerprint density at radius 3 is 2.73 bits per heavy atom. The molecule has 0 aliphatic carbocycles. The van der Waals surface area contributed by atoms with Gasteiger partial charge >= 0.3 is 0 Å². The first-order valence-corrected chi connectivity index (χ1v) is 11.2. The van der Waals surface area contributed by atoms with Gasteiger partial charge < -0.3 is 15.1 Å². The number of nitrogens with one attached hydrogen (secondary N) is 1. The Labute approximate surface area is 202 Å². The number of aryl methyl sites for hydroxylation is 1. The van der Waals surface area contributed by atoms with E-state index in [1.807, 2.05) is 14.0 Å². The first kappa shape index (κ1) is 25.0. The molecular weight excluding hydrogens is 507 g/mol. The SMILES string of the molecule is CN=C(NCCCN1CCN(C)CC1c1ccccc1)N(C)Cc1csc(C)n1.I. The zero-order chi connectivity index (χ0) is 20.6. The molecule has 1 aromatic carbocycles. The third-order valence-corrected chi connectivity index (χ3v) is 6.25. The summed E-state index contributed by atoms with van der Waals surface area (Å²) < 4.78 is 0. The molecule has 0 saturated carbocycles. The topological polar surface area (TPSA) is 47.0 Å². The minimum Gasteiger partial charge on any atom is -0.356 e. The number of thiazole rings is 1. The lowest BCUT2D eigenvalue weighted by atomic mass is 10.0. The van der Waals surface area contributed by atoms with Gasteiger partial charge in [0.2, 0.25) is 0 Å². The molecule has 1 fully saturated rings. The van der Waals surface area contributed by atoms with E-state index in [4.69, 9.17) is 0 Å². The van der Waals surface area contributed by atoms with Gasteiger partial charge in [-0.25, -0.2) is 4.98 Å². The zero-order valence-electron chi connectivity index (χ0n) is 18.5. The average molecular weight is 543 g/mol. The molecular formula is C22H35IN6S. The van der Waals surface area contributed by atoms with Crippen LogP contribution in [-0.2, 0) is 6.54 Å². The van der Waals surface area contributed by atoms with Gasteiger partial charge in [-0.05, 0) is 26.0 Å². The lowest BCUT2D eigenvalue weighted by Gasteiger charge is -2.40. The minimum absolute atomic E-state index is 0. The molecule has 2 aromatic rings. The molecule has 166 valence electrons. The minimum atomic E-state index is 0. The highest BCUT2D eigenvalue weighted by Crippen LogP contribution is 2.24. The van der Waals surface area contributed by atoms with Crippen molar-refractivity contribution in [3.8, 4) is 0 Å². The van der Waals surface area contributed by atoms with Gasteiger partial charge in [0.1, 0.15) is 0 Å². The van der Waals surface area contributed by atoms with Gasteiger partial charge in [-0.15, -0.1) is 35.3 Å². The van der Waals surface area contributed by atoms with E-state index in [2.05, 4.69) is 79.8 Å². The summed E-state index contributed by atoms with van der Waals surface area (Å²) in [5, 5.41) is 6.74. The lowest BCUT2D eigenvalue weighted by molar-refractivity contribution is 0.0891. The molecule has 0 bridgehead atoms. The predicted octanol–water partition coefficient (Wildman–Crippen LogP) is 3.46. The number of benzene rings is 1. The molecule has 0 amide bonds. The van der Waals surface area contributed by atoms with Crippen LogP contribution < -0.4 is 5.32 Å². The summed E-state index contributed by atoms with van der Waals surface area (Å²) in [6.45, 7) is 8.17. The highest BCUT2D eigenvalue weighted by molar-refractivity contribution is 14.0. The Hall–Kier alpha value is -1.23. The highest BCUT2D eigenvalue weighted by Gasteiger charge is 2.25. The summed E-state index contributed by atoms with van der Waals surface area (Å²) in [6.07, 6.45) is 1.09. The van der Waals surface area contributed by atoms with Gasteiger partial charge in [0.25, 0.3) is 0 Å². The van der Waals surface area contributed by atoms with Crippen molar-refractivity contribution in [2.75, 3.05) is 53.9 Å². The normalized spacial score (nSPS) is 18.1. The number of nitrogens with zero attached hydrogens (tertiary/aromatic N) is 5. The second-order valence-electron chi connectivity index (χ2n) is 7.77. The van der Waals surface area contributed by atoms with Crippen LogP contribution in [-0.4, -0.2) is 79.5 Å². The fourth-order valence-electron chi connectivity index (χ4n) is 3.88. The standard InChI is InChI=1S/C22H34N6S.HI/c1-18-25-20(17-29-18)15-27(4)22(23-2)24-11-8-12-28-14-13-26(3)16-21(28)19-9-6-5-7-10-19;/h5-7,9-10,17,21H,8,11-16H2,1-4H3,(H,23,24);1H. The number of guanidine groups is 1. The molecule has 0 spiro atoms. The van der Waals surface area contributed by atoms with Crippen LogP contribution in [0.4, 0.5) is 0 Å². The molecule has 1 saturated heterocycles. The molecule has 1 atom stereocenters. The van der Waals surface area contributed by atoms with Gasteiger partial charge in [-0.2, -0.15) is 0 Å². The summed E-state index contributed by atoms with van der Waals surface area (Å²) in [7, 11) is 6.13. The highest BCUT2D eigenvalue weighted by atomic mass is 127. The van der Waals surface area contributed by atoms with Gasteiger partial charge in [0, 0.05) is 58.2 Å². The van der Waals surface area contributed by atoms with E-state index in [1.54, 1.807) is 11.3 Å². The molecule has 2 heterocycles. The third kappa shape index (κ3) is 7.18. The number of hydrogen-bond acceptors (Lipinski definition) is 5. The van der Waals surface area contributed by atoms with E-state index < -0.39 is 0 Å². The van der Waals surface area contributed by atoms with Gasteiger partial charge in [-0.3, -0.25) is 9.89 Å². The van der Waals surface area contributed by atoms with Gasteiger partial charge in [-0.1, -0.05) is 30.3 Å². The summed E-state index contributed by atoms with van der Waals surface area (Å²) in [5.74, 6) is 0.925. The first-order chi connectivity index (χ1) is 14.1. The summed E-state index contributed by atoms with van der Waals surface area (Å²) >= 11 is 1.69. The summed E-state index contributed by atoms with van der Waals surface area (Å²) in [4.78, 5) is 16.2. The van der Waals surface area contributed by atoms with Crippen LogP contribution in [0.15, 0.2) is 40.7 Å². The number of likely N-dealkylation sites (N-methyl/N-ethyl adjacent to an activating group) is 1.